The number of ether oxygens (including phenoxy) is 1. The molecule has 0 spiro atoms. The molecule has 0 heterocycles. The second-order valence-corrected chi connectivity index (χ2v) is 8.00. The van der Waals surface area contributed by atoms with Crippen molar-refractivity contribution in [3.63, 3.8) is 0 Å². The van der Waals surface area contributed by atoms with E-state index in [4.69, 9.17) is 10.00 Å². The predicted octanol–water partition coefficient (Wildman–Crippen LogP) is 6.15. The number of carbonyl (C=O) groups excluding carboxylic acids is 1. The molecule has 0 saturated heterocycles. The van der Waals surface area contributed by atoms with Gasteiger partial charge >= 0.3 is 0 Å². The Labute approximate surface area is 181 Å². The van der Waals surface area contributed by atoms with Gasteiger partial charge in [-0.3, -0.25) is 4.79 Å². The Morgan fingerprint density at radius 3 is 2.67 bits per heavy atom. The third-order valence-corrected chi connectivity index (χ3v) is 5.77. The van der Waals surface area contributed by atoms with Crippen molar-refractivity contribution in [2.75, 3.05) is 0 Å². The summed E-state index contributed by atoms with van der Waals surface area (Å²) in [5.41, 5.74) is 2.61. The van der Waals surface area contributed by atoms with Gasteiger partial charge in [0.15, 0.2) is 5.78 Å². The molecule has 30 heavy (non-hydrogen) atoms. The Balaban J connectivity index is 1.84. The zero-order chi connectivity index (χ0) is 21.5. The highest BCUT2D eigenvalue weighted by Gasteiger charge is 2.16. The Bertz CT molecular complexity index is 1100. The molecule has 0 aliphatic carbocycles. The number of phenols is 1. The SMILES string of the molecule is CCCc1c(OCc2ccccc2Sc2cccc(C#N)c2)ccc(C(C)=O)c1O. The molecule has 0 saturated carbocycles. The molecule has 0 bridgehead atoms. The Morgan fingerprint density at radius 1 is 1.13 bits per heavy atom. The molecule has 0 radical (unpaired) electrons. The van der Waals surface area contributed by atoms with Crippen molar-refractivity contribution in [1.82, 2.24) is 0 Å². The fourth-order valence-corrected chi connectivity index (χ4v) is 4.15. The lowest BCUT2D eigenvalue weighted by Crippen LogP contribution is -2.03. The van der Waals surface area contributed by atoms with Gasteiger partial charge < -0.3 is 9.84 Å². The first-order chi connectivity index (χ1) is 14.5. The number of benzene rings is 3. The molecule has 0 aliphatic heterocycles. The number of Topliss-reactive ketones (excluding diaryl/α,β-unsaturated/α-hetero) is 1. The fourth-order valence-electron chi connectivity index (χ4n) is 3.16. The van der Waals surface area contributed by atoms with Crippen LogP contribution in [0.25, 0.3) is 0 Å². The summed E-state index contributed by atoms with van der Waals surface area (Å²) >= 11 is 1.58. The molecule has 0 amide bonds. The standard InChI is InChI=1S/C25H23NO3S/c1-3-7-22-23(13-12-21(17(2)27)25(22)28)29-16-19-9-4-5-11-24(19)30-20-10-6-8-18(14-20)15-26/h4-6,8-14,28H,3,7,16H2,1-2H3. The van der Waals surface area contributed by atoms with Crippen LogP contribution in [-0.4, -0.2) is 10.9 Å². The van der Waals surface area contributed by atoms with Gasteiger partial charge in [-0.25, -0.2) is 0 Å². The number of phenolic OH excluding ortho intramolecular Hbond substituents is 1. The molecule has 3 aromatic rings. The van der Waals surface area contributed by atoms with Crippen molar-refractivity contribution in [3.05, 3.63) is 82.9 Å². The second kappa shape index (κ2) is 10.00. The van der Waals surface area contributed by atoms with E-state index in [-0.39, 0.29) is 11.5 Å². The van der Waals surface area contributed by atoms with Gasteiger partial charge in [0, 0.05) is 20.9 Å². The number of ketones is 1. The molecule has 0 unspecified atom stereocenters. The summed E-state index contributed by atoms with van der Waals surface area (Å²) in [5.74, 6) is 0.432. The quantitative estimate of drug-likeness (QED) is 0.445. The Morgan fingerprint density at radius 2 is 1.93 bits per heavy atom. The Hall–Kier alpha value is -3.23. The largest absolute Gasteiger partial charge is 0.507 e. The zero-order valence-corrected chi connectivity index (χ0v) is 17.8. The van der Waals surface area contributed by atoms with Gasteiger partial charge in [-0.15, -0.1) is 0 Å². The summed E-state index contributed by atoms with van der Waals surface area (Å²) in [6.07, 6.45) is 1.45. The van der Waals surface area contributed by atoms with Crippen molar-refractivity contribution in [3.8, 4) is 17.6 Å². The van der Waals surface area contributed by atoms with E-state index in [0.717, 1.165) is 21.8 Å². The van der Waals surface area contributed by atoms with Crippen LogP contribution in [-0.2, 0) is 13.0 Å². The van der Waals surface area contributed by atoms with Crippen LogP contribution < -0.4 is 4.74 Å². The van der Waals surface area contributed by atoms with E-state index < -0.39 is 0 Å². The van der Waals surface area contributed by atoms with E-state index in [0.29, 0.717) is 35.5 Å². The van der Waals surface area contributed by atoms with E-state index in [1.165, 1.54) is 6.92 Å². The van der Waals surface area contributed by atoms with Crippen LogP contribution in [0.2, 0.25) is 0 Å². The minimum absolute atomic E-state index is 0.0119. The van der Waals surface area contributed by atoms with Gasteiger partial charge in [0.25, 0.3) is 0 Å². The normalized spacial score (nSPS) is 10.4. The molecule has 3 rings (SSSR count). The van der Waals surface area contributed by atoms with Gasteiger partial charge in [0.2, 0.25) is 0 Å². The summed E-state index contributed by atoms with van der Waals surface area (Å²) in [5, 5.41) is 19.7. The maximum absolute atomic E-state index is 11.8. The monoisotopic (exact) mass is 417 g/mol. The van der Waals surface area contributed by atoms with E-state index in [9.17, 15) is 9.90 Å². The van der Waals surface area contributed by atoms with Gasteiger partial charge in [-0.2, -0.15) is 5.26 Å². The molecule has 1 N–H and O–H groups in total. The lowest BCUT2D eigenvalue weighted by atomic mass is 10.0. The lowest BCUT2D eigenvalue weighted by Gasteiger charge is -2.16. The van der Waals surface area contributed by atoms with Crippen LogP contribution in [0.5, 0.6) is 11.5 Å². The maximum Gasteiger partial charge on any atom is 0.163 e. The number of aromatic hydroxyl groups is 1. The first-order valence-corrected chi connectivity index (χ1v) is 10.6. The summed E-state index contributed by atoms with van der Waals surface area (Å²) in [6.45, 7) is 3.79. The molecule has 5 heteroatoms. The fraction of sp³-hybridized carbons (Fsp3) is 0.200. The minimum atomic E-state index is -0.169. The number of nitriles is 1. The predicted molar refractivity (Wildman–Crippen MR) is 118 cm³/mol. The summed E-state index contributed by atoms with van der Waals surface area (Å²) in [7, 11) is 0. The van der Waals surface area contributed by atoms with Crippen molar-refractivity contribution < 1.29 is 14.6 Å². The average Bonchev–Trinajstić information content (AvgIpc) is 2.75. The summed E-state index contributed by atoms with van der Waals surface area (Å²) in [6, 6.07) is 21.0. The average molecular weight is 418 g/mol. The van der Waals surface area contributed by atoms with Crippen LogP contribution in [0.15, 0.2) is 70.5 Å². The van der Waals surface area contributed by atoms with Crippen molar-refractivity contribution >= 4 is 17.5 Å². The van der Waals surface area contributed by atoms with Gasteiger partial charge in [0.1, 0.15) is 18.1 Å². The van der Waals surface area contributed by atoms with Crippen molar-refractivity contribution in [2.24, 2.45) is 0 Å². The number of hydrogen-bond donors (Lipinski definition) is 1. The van der Waals surface area contributed by atoms with Crippen molar-refractivity contribution in [2.45, 2.75) is 43.1 Å². The van der Waals surface area contributed by atoms with E-state index in [1.54, 1.807) is 30.0 Å². The number of carbonyl (C=O) groups is 1. The molecular formula is C25H23NO3S. The molecule has 152 valence electrons. The van der Waals surface area contributed by atoms with Crippen molar-refractivity contribution in [1.29, 1.82) is 5.26 Å². The van der Waals surface area contributed by atoms with Crippen LogP contribution in [0.4, 0.5) is 0 Å². The van der Waals surface area contributed by atoms with Crippen LogP contribution in [0, 0.1) is 11.3 Å². The van der Waals surface area contributed by atoms with Gasteiger partial charge in [0.05, 0.1) is 17.2 Å². The highest BCUT2D eigenvalue weighted by Crippen LogP contribution is 2.35. The molecule has 0 fully saturated rings. The molecule has 0 aliphatic rings. The maximum atomic E-state index is 11.8. The van der Waals surface area contributed by atoms with E-state index in [1.807, 2.05) is 49.4 Å². The van der Waals surface area contributed by atoms with E-state index >= 15 is 0 Å². The minimum Gasteiger partial charge on any atom is -0.507 e. The summed E-state index contributed by atoms with van der Waals surface area (Å²) in [4.78, 5) is 13.8. The molecule has 4 nitrogen and oxygen atoms in total. The topological polar surface area (TPSA) is 70.3 Å². The molecule has 0 aromatic heterocycles. The first-order valence-electron chi connectivity index (χ1n) is 9.78. The second-order valence-electron chi connectivity index (χ2n) is 6.88. The summed E-state index contributed by atoms with van der Waals surface area (Å²) < 4.78 is 6.08. The Kier molecular flexibility index (Phi) is 7.16. The number of hydrogen-bond acceptors (Lipinski definition) is 5. The third-order valence-electron chi connectivity index (χ3n) is 4.67. The molecule has 3 aromatic carbocycles. The van der Waals surface area contributed by atoms with Crippen LogP contribution in [0.3, 0.4) is 0 Å². The zero-order valence-electron chi connectivity index (χ0n) is 17.0. The van der Waals surface area contributed by atoms with Gasteiger partial charge in [-0.05, 0) is 49.7 Å². The number of nitrogens with zero attached hydrogens (tertiary/aromatic N) is 1. The van der Waals surface area contributed by atoms with Gasteiger partial charge in [-0.1, -0.05) is 49.4 Å². The number of rotatable bonds is 8. The third kappa shape index (κ3) is 5.03. The highest BCUT2D eigenvalue weighted by atomic mass is 32.2. The van der Waals surface area contributed by atoms with Crippen LogP contribution in [0.1, 0.15) is 47.3 Å². The van der Waals surface area contributed by atoms with Crippen LogP contribution >= 0.6 is 11.8 Å². The highest BCUT2D eigenvalue weighted by molar-refractivity contribution is 7.99. The molecular weight excluding hydrogens is 394 g/mol. The van der Waals surface area contributed by atoms with E-state index in [2.05, 4.69) is 6.07 Å². The smallest absolute Gasteiger partial charge is 0.163 e. The first kappa shape index (κ1) is 21.5. The lowest BCUT2D eigenvalue weighted by molar-refractivity contribution is 0.101. The molecule has 0 atom stereocenters.